The quantitative estimate of drug-likeness (QED) is 0.619. The van der Waals surface area contributed by atoms with Gasteiger partial charge in [0.05, 0.1) is 16.3 Å². The van der Waals surface area contributed by atoms with Crippen LogP contribution in [0.3, 0.4) is 0 Å². The average Bonchev–Trinajstić information content (AvgIpc) is 3.05. The van der Waals surface area contributed by atoms with Gasteiger partial charge in [-0.2, -0.15) is 13.2 Å². The minimum absolute atomic E-state index is 0.000443. The molecule has 2 aromatic rings. The number of hydrogen-bond donors (Lipinski definition) is 1. The molecule has 5 nitrogen and oxygen atoms in total. The number of halogens is 4. The van der Waals surface area contributed by atoms with E-state index in [2.05, 4.69) is 4.72 Å². The van der Waals surface area contributed by atoms with Crippen LogP contribution in [0.4, 0.5) is 18.9 Å². The summed E-state index contributed by atoms with van der Waals surface area (Å²) in [6, 6.07) is 7.33. The van der Waals surface area contributed by atoms with Crippen molar-refractivity contribution >= 4 is 33.4 Å². The monoisotopic (exact) mass is 474 g/mol. The summed E-state index contributed by atoms with van der Waals surface area (Å²) in [7, 11) is -2.28. The molecule has 0 radical (unpaired) electrons. The Kier molecular flexibility index (Phi) is 6.88. The normalized spacial score (nSPS) is 17.9. The third-order valence-corrected chi connectivity index (χ3v) is 6.65. The van der Waals surface area contributed by atoms with Crippen LogP contribution in [0.5, 0.6) is 5.75 Å². The lowest BCUT2D eigenvalue weighted by Gasteiger charge is -2.19. The van der Waals surface area contributed by atoms with Crippen molar-refractivity contribution < 1.29 is 26.3 Å². The summed E-state index contributed by atoms with van der Waals surface area (Å²) in [4.78, 5) is 1.77. The molecule has 0 aromatic heterocycles. The van der Waals surface area contributed by atoms with Crippen molar-refractivity contribution in [1.82, 2.24) is 4.90 Å². The van der Waals surface area contributed by atoms with Crippen molar-refractivity contribution in [2.45, 2.75) is 30.5 Å². The SMILES string of the molecule is C/C=C/c1ccc(S(=O)(=O)Nc2ccc(C(F)(F)F)c(O[C@@H]3CCN(C)C3)c2)c(Cl)c1. The maximum absolute atomic E-state index is 13.4. The molecule has 1 aliphatic rings. The first kappa shape index (κ1) is 23.4. The molecule has 1 fully saturated rings. The third-order valence-electron chi connectivity index (χ3n) is 4.79. The first-order chi connectivity index (χ1) is 14.5. The lowest BCUT2D eigenvalue weighted by molar-refractivity contribution is -0.139. The van der Waals surface area contributed by atoms with E-state index in [1.54, 1.807) is 18.2 Å². The van der Waals surface area contributed by atoms with E-state index >= 15 is 0 Å². The van der Waals surface area contributed by atoms with Crippen molar-refractivity contribution in [1.29, 1.82) is 0 Å². The predicted molar refractivity (Wildman–Crippen MR) is 115 cm³/mol. The Labute approximate surface area is 184 Å². The van der Waals surface area contributed by atoms with Crippen molar-refractivity contribution in [3.05, 3.63) is 58.6 Å². The van der Waals surface area contributed by atoms with Gasteiger partial charge in [0, 0.05) is 19.2 Å². The second kappa shape index (κ2) is 9.10. The van der Waals surface area contributed by atoms with E-state index in [0.717, 1.165) is 23.8 Å². The lowest BCUT2D eigenvalue weighted by atomic mass is 10.1. The molecule has 1 N–H and O–H groups in total. The van der Waals surface area contributed by atoms with Gasteiger partial charge < -0.3 is 9.64 Å². The number of hydrogen-bond acceptors (Lipinski definition) is 4. The number of nitrogens with zero attached hydrogens (tertiary/aromatic N) is 1. The molecule has 1 aliphatic heterocycles. The van der Waals surface area contributed by atoms with E-state index in [-0.39, 0.29) is 15.6 Å². The number of alkyl halides is 3. The summed E-state index contributed by atoms with van der Waals surface area (Å²) in [6.07, 6.45) is -0.924. The highest BCUT2D eigenvalue weighted by molar-refractivity contribution is 7.92. The number of sulfonamides is 1. The van der Waals surface area contributed by atoms with Crippen molar-refractivity contribution in [2.24, 2.45) is 0 Å². The smallest absolute Gasteiger partial charge is 0.419 e. The minimum atomic E-state index is -4.64. The molecular formula is C21H22ClF3N2O3S. The number of nitrogens with one attached hydrogen (secondary N) is 1. The van der Waals surface area contributed by atoms with Gasteiger partial charge in [-0.3, -0.25) is 4.72 Å². The van der Waals surface area contributed by atoms with E-state index in [4.69, 9.17) is 16.3 Å². The molecule has 0 saturated carbocycles. The summed E-state index contributed by atoms with van der Waals surface area (Å²) in [5.41, 5.74) is -0.292. The molecule has 168 valence electrons. The zero-order valence-corrected chi connectivity index (χ0v) is 18.5. The number of benzene rings is 2. The summed E-state index contributed by atoms with van der Waals surface area (Å²) in [6.45, 7) is 3.01. The molecule has 0 amide bonds. The van der Waals surface area contributed by atoms with Crippen LogP contribution in [0.1, 0.15) is 24.5 Å². The van der Waals surface area contributed by atoms with E-state index in [1.807, 2.05) is 18.9 Å². The Balaban J connectivity index is 1.91. The molecule has 3 rings (SSSR count). The minimum Gasteiger partial charge on any atom is -0.488 e. The molecule has 10 heteroatoms. The van der Waals surface area contributed by atoms with Gasteiger partial charge in [-0.25, -0.2) is 8.42 Å². The molecule has 0 bridgehead atoms. The fourth-order valence-corrected chi connectivity index (χ4v) is 4.93. The van der Waals surface area contributed by atoms with Crippen molar-refractivity contribution in [3.8, 4) is 5.75 Å². The lowest BCUT2D eigenvalue weighted by Crippen LogP contribution is -2.23. The van der Waals surface area contributed by atoms with E-state index in [1.165, 1.54) is 12.1 Å². The number of likely N-dealkylation sites (N-methyl/N-ethyl adjacent to an activating group) is 1. The van der Waals surface area contributed by atoms with E-state index in [0.29, 0.717) is 19.5 Å². The second-order valence-electron chi connectivity index (χ2n) is 7.29. The van der Waals surface area contributed by atoms with Crippen LogP contribution < -0.4 is 9.46 Å². The van der Waals surface area contributed by atoms with Gasteiger partial charge in [-0.1, -0.05) is 29.8 Å². The van der Waals surface area contributed by atoms with Gasteiger partial charge in [0.1, 0.15) is 16.7 Å². The Morgan fingerprint density at radius 2 is 1.97 bits per heavy atom. The van der Waals surface area contributed by atoms with Crippen LogP contribution in [0.2, 0.25) is 5.02 Å². The molecule has 1 heterocycles. The van der Waals surface area contributed by atoms with Gasteiger partial charge in [0.25, 0.3) is 10.0 Å². The van der Waals surface area contributed by atoms with Gasteiger partial charge in [-0.05, 0) is 50.2 Å². The molecule has 2 aromatic carbocycles. The zero-order valence-electron chi connectivity index (χ0n) is 16.9. The predicted octanol–water partition coefficient (Wildman–Crippen LogP) is 5.28. The summed E-state index contributed by atoms with van der Waals surface area (Å²) >= 11 is 6.13. The number of anilines is 1. The molecular weight excluding hydrogens is 453 g/mol. The van der Waals surface area contributed by atoms with Gasteiger partial charge in [-0.15, -0.1) is 0 Å². The molecule has 0 spiro atoms. The summed E-state index contributed by atoms with van der Waals surface area (Å²) in [5.74, 6) is -0.414. The highest BCUT2D eigenvalue weighted by Gasteiger charge is 2.36. The molecule has 1 saturated heterocycles. The van der Waals surface area contributed by atoms with Gasteiger partial charge >= 0.3 is 6.18 Å². The molecule has 31 heavy (non-hydrogen) atoms. The van der Waals surface area contributed by atoms with E-state index in [9.17, 15) is 21.6 Å². The van der Waals surface area contributed by atoms with Crippen LogP contribution in [0.25, 0.3) is 6.08 Å². The topological polar surface area (TPSA) is 58.6 Å². The van der Waals surface area contributed by atoms with Crippen LogP contribution in [-0.4, -0.2) is 39.6 Å². The zero-order chi connectivity index (χ0) is 22.8. The van der Waals surface area contributed by atoms with E-state index < -0.39 is 33.6 Å². The summed E-state index contributed by atoms with van der Waals surface area (Å²) < 4.78 is 73.8. The molecule has 1 atom stereocenters. The number of allylic oxidation sites excluding steroid dienone is 1. The Morgan fingerprint density at radius 1 is 1.23 bits per heavy atom. The first-order valence-corrected chi connectivity index (χ1v) is 11.4. The highest BCUT2D eigenvalue weighted by atomic mass is 35.5. The second-order valence-corrected chi connectivity index (χ2v) is 9.35. The van der Waals surface area contributed by atoms with Crippen LogP contribution in [0.15, 0.2) is 47.4 Å². The highest BCUT2D eigenvalue weighted by Crippen LogP contribution is 2.39. The maximum Gasteiger partial charge on any atom is 0.419 e. The maximum atomic E-state index is 13.4. The Morgan fingerprint density at radius 3 is 2.55 bits per heavy atom. The fraction of sp³-hybridized carbons (Fsp3) is 0.333. The molecule has 0 aliphatic carbocycles. The molecule has 0 unspecified atom stereocenters. The van der Waals surface area contributed by atoms with Crippen molar-refractivity contribution in [2.75, 3.05) is 24.9 Å². The van der Waals surface area contributed by atoms with Gasteiger partial charge in [0.2, 0.25) is 0 Å². The Hall–Kier alpha value is -2.23. The number of rotatable bonds is 6. The van der Waals surface area contributed by atoms with Crippen molar-refractivity contribution in [3.63, 3.8) is 0 Å². The van der Waals surface area contributed by atoms with Gasteiger partial charge in [0.15, 0.2) is 0 Å². The average molecular weight is 475 g/mol. The summed E-state index contributed by atoms with van der Waals surface area (Å²) in [5, 5.41) is 0.000443. The largest absolute Gasteiger partial charge is 0.488 e. The van der Waals surface area contributed by atoms with Crippen LogP contribution in [-0.2, 0) is 16.2 Å². The number of ether oxygens (including phenoxy) is 1. The number of likely N-dealkylation sites (tertiary alicyclic amines) is 1. The third kappa shape index (κ3) is 5.72. The van der Waals surface area contributed by atoms with Crippen LogP contribution >= 0.6 is 11.6 Å². The standard InChI is InChI=1S/C21H22ClF3N2O3S/c1-3-4-14-5-8-20(18(22)11-14)31(28,29)26-15-6-7-17(21(23,24)25)19(12-15)30-16-9-10-27(2)13-16/h3-8,11-12,16,26H,9-10,13H2,1-2H3/b4-3+/t16-/m1/s1. The Bertz CT molecular complexity index is 1090. The first-order valence-electron chi connectivity index (χ1n) is 9.51. The van der Waals surface area contributed by atoms with Crippen LogP contribution in [0, 0.1) is 0 Å². The fourth-order valence-electron chi connectivity index (χ4n) is 3.33.